The molecule has 0 radical (unpaired) electrons. The van der Waals surface area contributed by atoms with Gasteiger partial charge in [0.05, 0.1) is 6.61 Å². The fourth-order valence-corrected chi connectivity index (χ4v) is 5.04. The molecule has 0 heterocycles. The van der Waals surface area contributed by atoms with Gasteiger partial charge >= 0.3 is 11.9 Å². The van der Waals surface area contributed by atoms with E-state index in [0.717, 1.165) is 6.42 Å². The zero-order valence-electron chi connectivity index (χ0n) is 18.4. The van der Waals surface area contributed by atoms with Crippen LogP contribution in [0.2, 0.25) is 0 Å². The van der Waals surface area contributed by atoms with Crippen LogP contribution >= 0.6 is 15.9 Å². The lowest BCUT2D eigenvalue weighted by molar-refractivity contribution is -0.176. The van der Waals surface area contributed by atoms with Gasteiger partial charge in [0.2, 0.25) is 5.60 Å². The molecule has 0 saturated heterocycles. The highest BCUT2D eigenvalue weighted by molar-refractivity contribution is 9.09. The van der Waals surface area contributed by atoms with E-state index in [9.17, 15) is 19.8 Å². The minimum absolute atomic E-state index is 0.00792. The highest BCUT2D eigenvalue weighted by atomic mass is 79.9. The summed E-state index contributed by atoms with van der Waals surface area (Å²) in [6, 6.07) is -1.55. The first kappa shape index (κ1) is 24.3. The zero-order chi connectivity index (χ0) is 22.4. The molecule has 0 aromatic carbocycles. The number of halogens is 1. The number of ether oxygens (including phenoxy) is 2. The number of esters is 2. The summed E-state index contributed by atoms with van der Waals surface area (Å²) in [6.45, 7) is 12.7. The number of aliphatic hydroxyl groups is 2. The number of alkyl halides is 1. The first-order valence-corrected chi connectivity index (χ1v) is 11.2. The van der Waals surface area contributed by atoms with Crippen molar-refractivity contribution in [2.45, 2.75) is 84.2 Å². The van der Waals surface area contributed by atoms with Gasteiger partial charge in [0.25, 0.3) is 0 Å². The van der Waals surface area contributed by atoms with E-state index in [4.69, 9.17) is 9.47 Å². The van der Waals surface area contributed by atoms with Crippen molar-refractivity contribution in [3.63, 3.8) is 0 Å². The van der Waals surface area contributed by atoms with Crippen molar-refractivity contribution in [3.05, 3.63) is 0 Å². The van der Waals surface area contributed by atoms with Crippen molar-refractivity contribution in [1.82, 2.24) is 0 Å². The van der Waals surface area contributed by atoms with Crippen molar-refractivity contribution >= 4 is 33.6 Å². The van der Waals surface area contributed by atoms with Gasteiger partial charge in [-0.25, -0.2) is 9.59 Å². The van der Waals surface area contributed by atoms with E-state index in [1.807, 2.05) is 0 Å². The van der Waals surface area contributed by atoms with Crippen LogP contribution in [-0.2, 0) is 19.1 Å². The van der Waals surface area contributed by atoms with Crippen molar-refractivity contribution in [3.8, 4) is 0 Å². The minimum atomic E-state index is -2.25. The monoisotopic (exact) mass is 475 g/mol. The van der Waals surface area contributed by atoms with Crippen molar-refractivity contribution in [2.75, 3.05) is 11.9 Å². The van der Waals surface area contributed by atoms with Crippen molar-refractivity contribution in [1.29, 1.82) is 0 Å². The third-order valence-corrected chi connectivity index (χ3v) is 7.23. The van der Waals surface area contributed by atoms with Crippen LogP contribution in [0.5, 0.6) is 0 Å². The third-order valence-electron chi connectivity index (χ3n) is 6.37. The Labute approximate surface area is 181 Å². The van der Waals surface area contributed by atoms with Gasteiger partial charge in [-0.1, -0.05) is 29.8 Å². The highest BCUT2D eigenvalue weighted by Gasteiger charge is 2.62. The van der Waals surface area contributed by atoms with Crippen LogP contribution in [0, 0.1) is 17.3 Å². The average molecular weight is 476 g/mol. The van der Waals surface area contributed by atoms with Crippen LogP contribution in [0.25, 0.3) is 0 Å². The summed E-state index contributed by atoms with van der Waals surface area (Å²) in [5, 5.41) is 22.1. The Morgan fingerprint density at radius 1 is 1.31 bits per heavy atom. The second kappa shape index (κ2) is 7.93. The summed E-state index contributed by atoms with van der Waals surface area (Å²) in [6.07, 6.45) is 1.38. The summed E-state index contributed by atoms with van der Waals surface area (Å²) in [7, 11) is 0. The SMILES string of the molecule is CCOC(=O)[C@](O)(CBr)[C@H](N=C1C[C@H]2CC(C2(C)C)[C@@]1(C)O)C(=O)OC(C)(C)C. The zero-order valence-corrected chi connectivity index (χ0v) is 20.0. The van der Waals surface area contributed by atoms with E-state index in [-0.39, 0.29) is 23.3 Å². The second-order valence-electron chi connectivity index (χ2n) is 9.95. The Morgan fingerprint density at radius 3 is 2.31 bits per heavy atom. The standard InChI is InChI=1S/C21H34BrNO6/c1-8-28-17(25)21(27,11-22)15(16(24)29-18(2,3)4)23-14-10-12-9-13(19(12,5)6)20(14,7)26/h12-13,15,26-27H,8-11H2,1-7H3/t12-,13?,15-,20-,21+/m1/s1. The summed E-state index contributed by atoms with van der Waals surface area (Å²) in [5.41, 5.74) is -3.94. The largest absolute Gasteiger partial charge is 0.464 e. The molecule has 3 rings (SSSR count). The van der Waals surface area contributed by atoms with Gasteiger partial charge in [-0.05, 0) is 64.7 Å². The number of aliphatic imine (C=N–C) groups is 1. The van der Waals surface area contributed by atoms with Crippen LogP contribution in [-0.4, -0.2) is 62.6 Å². The number of carbonyl (C=O) groups is 2. The van der Waals surface area contributed by atoms with Gasteiger partial charge in [0.15, 0.2) is 6.04 Å². The molecule has 2 N–H and O–H groups in total. The van der Waals surface area contributed by atoms with E-state index >= 15 is 0 Å². The molecule has 0 spiro atoms. The van der Waals surface area contributed by atoms with Gasteiger partial charge in [-0.2, -0.15) is 0 Å². The molecule has 0 aliphatic heterocycles. The van der Waals surface area contributed by atoms with Gasteiger partial charge in [-0.3, -0.25) is 4.99 Å². The molecule has 5 atom stereocenters. The average Bonchev–Trinajstić information content (AvgIpc) is 2.57. The number of rotatable bonds is 6. The van der Waals surface area contributed by atoms with Crippen molar-refractivity contribution < 1.29 is 29.3 Å². The van der Waals surface area contributed by atoms with E-state index in [1.165, 1.54) is 0 Å². The van der Waals surface area contributed by atoms with Crippen LogP contribution in [0.15, 0.2) is 4.99 Å². The van der Waals surface area contributed by atoms with Crippen LogP contribution in [0.4, 0.5) is 0 Å². The molecule has 3 aliphatic rings. The molecule has 166 valence electrons. The molecule has 29 heavy (non-hydrogen) atoms. The third kappa shape index (κ3) is 4.39. The van der Waals surface area contributed by atoms with Crippen LogP contribution in [0.1, 0.15) is 61.3 Å². The summed E-state index contributed by atoms with van der Waals surface area (Å²) in [4.78, 5) is 30.0. The van der Waals surface area contributed by atoms with Crippen molar-refractivity contribution in [2.24, 2.45) is 22.2 Å². The maximum Gasteiger partial charge on any atom is 0.341 e. The van der Waals surface area contributed by atoms with E-state index in [2.05, 4.69) is 34.8 Å². The first-order valence-electron chi connectivity index (χ1n) is 10.1. The maximum absolute atomic E-state index is 13.0. The van der Waals surface area contributed by atoms with Crippen LogP contribution < -0.4 is 0 Å². The lowest BCUT2D eigenvalue weighted by atomic mass is 9.44. The molecule has 3 saturated carbocycles. The number of carbonyl (C=O) groups excluding carboxylic acids is 2. The van der Waals surface area contributed by atoms with Gasteiger partial charge in [-0.15, -0.1) is 0 Å². The van der Waals surface area contributed by atoms with Gasteiger partial charge in [0.1, 0.15) is 11.2 Å². The normalized spacial score (nSPS) is 32.7. The quantitative estimate of drug-likeness (QED) is 0.451. The molecule has 2 bridgehead atoms. The molecule has 0 aromatic rings. The van der Waals surface area contributed by atoms with E-state index in [0.29, 0.717) is 18.1 Å². The predicted molar refractivity (Wildman–Crippen MR) is 113 cm³/mol. The molecule has 1 unspecified atom stereocenters. The van der Waals surface area contributed by atoms with Crippen LogP contribution in [0.3, 0.4) is 0 Å². The topological polar surface area (TPSA) is 105 Å². The number of hydrogen-bond acceptors (Lipinski definition) is 7. The predicted octanol–water partition coefficient (Wildman–Crippen LogP) is 2.64. The lowest BCUT2D eigenvalue weighted by Crippen LogP contribution is -2.65. The first-order chi connectivity index (χ1) is 13.1. The Hall–Kier alpha value is -0.990. The lowest BCUT2D eigenvalue weighted by Gasteiger charge is -2.62. The second-order valence-corrected chi connectivity index (χ2v) is 10.5. The van der Waals surface area contributed by atoms with E-state index < -0.39 is 34.8 Å². The number of fused-ring (bicyclic) bond motifs is 2. The smallest absolute Gasteiger partial charge is 0.341 e. The van der Waals surface area contributed by atoms with E-state index in [1.54, 1.807) is 34.6 Å². The van der Waals surface area contributed by atoms with Gasteiger partial charge in [0, 0.05) is 11.0 Å². The Bertz CT molecular complexity index is 696. The Kier molecular flexibility index (Phi) is 6.64. The fraction of sp³-hybridized carbons (Fsp3) is 0.857. The molecular weight excluding hydrogens is 442 g/mol. The minimum Gasteiger partial charge on any atom is -0.464 e. The molecule has 0 aromatic heterocycles. The number of hydrogen-bond donors (Lipinski definition) is 2. The molecular formula is C21H34BrNO6. The molecule has 8 heteroatoms. The molecule has 7 nitrogen and oxygen atoms in total. The summed E-state index contributed by atoms with van der Waals surface area (Å²) >= 11 is 3.13. The highest BCUT2D eigenvalue weighted by Crippen LogP contribution is 2.61. The summed E-state index contributed by atoms with van der Waals surface area (Å²) in [5.74, 6) is -1.48. The molecule has 3 aliphatic carbocycles. The summed E-state index contributed by atoms with van der Waals surface area (Å²) < 4.78 is 10.5. The van der Waals surface area contributed by atoms with Gasteiger partial charge < -0.3 is 19.7 Å². The Morgan fingerprint density at radius 2 is 1.90 bits per heavy atom. The molecule has 0 amide bonds. The maximum atomic E-state index is 13.0. The Balaban J connectivity index is 2.49. The molecule has 3 fully saturated rings. The fourth-order valence-electron chi connectivity index (χ4n) is 4.50. The number of nitrogens with zero attached hydrogens (tertiary/aromatic N) is 1.